The van der Waals surface area contributed by atoms with Crippen LogP contribution >= 0.6 is 23.4 Å². The number of carbonyl (C=O) groups is 1. The van der Waals surface area contributed by atoms with Gasteiger partial charge in [-0.1, -0.05) is 18.0 Å². The van der Waals surface area contributed by atoms with Crippen LogP contribution in [0, 0.1) is 0 Å². The van der Waals surface area contributed by atoms with E-state index in [4.69, 9.17) is 17.3 Å². The lowest BCUT2D eigenvalue weighted by Crippen LogP contribution is -2.39. The standard InChI is InChI=1S/C14H19ClN2OS/c1-19-11-4-2-3-10(8-11)17-14(18)9-5-6-12(15)13(16)7-9/h5-7,10-11H,2-4,8,16H2,1H3,(H,17,18). The molecule has 104 valence electrons. The molecule has 1 aliphatic carbocycles. The maximum absolute atomic E-state index is 12.2. The van der Waals surface area contributed by atoms with Crippen molar-refractivity contribution in [1.29, 1.82) is 0 Å². The highest BCUT2D eigenvalue weighted by Gasteiger charge is 2.23. The number of nitrogens with one attached hydrogen (secondary N) is 1. The van der Waals surface area contributed by atoms with Gasteiger partial charge in [-0.05, 0) is 43.7 Å². The predicted octanol–water partition coefficient (Wildman–Crippen LogP) is 3.33. The van der Waals surface area contributed by atoms with Crippen LogP contribution in [0.1, 0.15) is 36.0 Å². The third-order valence-electron chi connectivity index (χ3n) is 3.55. The van der Waals surface area contributed by atoms with Crippen LogP contribution in [-0.4, -0.2) is 23.5 Å². The Balaban J connectivity index is 1.98. The molecule has 2 unspecified atom stereocenters. The Morgan fingerprint density at radius 2 is 2.26 bits per heavy atom. The van der Waals surface area contributed by atoms with Crippen LogP contribution in [0.4, 0.5) is 5.69 Å². The van der Waals surface area contributed by atoms with Gasteiger partial charge < -0.3 is 11.1 Å². The maximum atomic E-state index is 12.2. The van der Waals surface area contributed by atoms with Crippen LogP contribution < -0.4 is 11.1 Å². The summed E-state index contributed by atoms with van der Waals surface area (Å²) in [5, 5.41) is 4.24. The van der Waals surface area contributed by atoms with Crippen molar-refractivity contribution in [2.45, 2.75) is 37.0 Å². The van der Waals surface area contributed by atoms with Gasteiger partial charge in [0.15, 0.2) is 0 Å². The molecule has 1 fully saturated rings. The van der Waals surface area contributed by atoms with E-state index in [9.17, 15) is 4.79 Å². The van der Waals surface area contributed by atoms with E-state index in [1.807, 2.05) is 11.8 Å². The Morgan fingerprint density at radius 1 is 1.47 bits per heavy atom. The zero-order valence-electron chi connectivity index (χ0n) is 11.0. The Bertz CT molecular complexity index is 467. The number of hydrogen-bond donors (Lipinski definition) is 2. The van der Waals surface area contributed by atoms with Gasteiger partial charge in [0.2, 0.25) is 0 Å². The van der Waals surface area contributed by atoms with E-state index >= 15 is 0 Å². The smallest absolute Gasteiger partial charge is 0.251 e. The zero-order chi connectivity index (χ0) is 13.8. The molecule has 1 aliphatic rings. The number of anilines is 1. The van der Waals surface area contributed by atoms with E-state index in [2.05, 4.69) is 11.6 Å². The second kappa shape index (κ2) is 6.53. The Morgan fingerprint density at radius 3 is 2.95 bits per heavy atom. The predicted molar refractivity (Wildman–Crippen MR) is 82.9 cm³/mol. The number of carbonyl (C=O) groups excluding carboxylic acids is 1. The number of amides is 1. The summed E-state index contributed by atoms with van der Waals surface area (Å²) in [6, 6.07) is 5.28. The molecule has 0 bridgehead atoms. The molecule has 19 heavy (non-hydrogen) atoms. The summed E-state index contributed by atoms with van der Waals surface area (Å²) in [6.07, 6.45) is 6.68. The van der Waals surface area contributed by atoms with Crippen LogP contribution in [0.5, 0.6) is 0 Å². The first-order chi connectivity index (χ1) is 9.10. The van der Waals surface area contributed by atoms with Gasteiger partial charge in [-0.25, -0.2) is 0 Å². The number of nitrogens with two attached hydrogens (primary N) is 1. The molecular weight excluding hydrogens is 280 g/mol. The number of hydrogen-bond acceptors (Lipinski definition) is 3. The quantitative estimate of drug-likeness (QED) is 0.842. The average molecular weight is 299 g/mol. The molecule has 1 saturated carbocycles. The highest BCUT2D eigenvalue weighted by Crippen LogP contribution is 2.27. The lowest BCUT2D eigenvalue weighted by atomic mass is 9.94. The monoisotopic (exact) mass is 298 g/mol. The minimum atomic E-state index is -0.0601. The van der Waals surface area contributed by atoms with E-state index in [1.165, 1.54) is 12.8 Å². The molecule has 0 radical (unpaired) electrons. The van der Waals surface area contributed by atoms with Crippen molar-refractivity contribution in [3.8, 4) is 0 Å². The molecular formula is C14H19ClN2OS. The van der Waals surface area contributed by atoms with Gasteiger partial charge in [0.25, 0.3) is 5.91 Å². The number of benzene rings is 1. The molecule has 1 aromatic carbocycles. The molecule has 3 nitrogen and oxygen atoms in total. The van der Waals surface area contributed by atoms with Crippen molar-refractivity contribution in [3.05, 3.63) is 28.8 Å². The van der Waals surface area contributed by atoms with Crippen LogP contribution in [0.25, 0.3) is 0 Å². The van der Waals surface area contributed by atoms with Crippen molar-refractivity contribution in [3.63, 3.8) is 0 Å². The summed E-state index contributed by atoms with van der Waals surface area (Å²) < 4.78 is 0. The second-order valence-electron chi connectivity index (χ2n) is 4.93. The van der Waals surface area contributed by atoms with Crippen molar-refractivity contribution < 1.29 is 4.79 Å². The van der Waals surface area contributed by atoms with E-state index in [0.717, 1.165) is 12.8 Å². The zero-order valence-corrected chi connectivity index (χ0v) is 12.6. The number of nitrogen functional groups attached to an aromatic ring is 1. The fourth-order valence-corrected chi connectivity index (χ4v) is 3.39. The van der Waals surface area contributed by atoms with E-state index in [1.54, 1.807) is 18.2 Å². The largest absolute Gasteiger partial charge is 0.398 e. The van der Waals surface area contributed by atoms with Gasteiger partial charge in [0.1, 0.15) is 0 Å². The SMILES string of the molecule is CSC1CCCC(NC(=O)c2ccc(Cl)c(N)c2)C1. The Hall–Kier alpha value is -0.870. The van der Waals surface area contributed by atoms with Crippen LogP contribution in [0.3, 0.4) is 0 Å². The fraction of sp³-hybridized carbons (Fsp3) is 0.500. The van der Waals surface area contributed by atoms with Gasteiger partial charge in [-0.3, -0.25) is 4.79 Å². The van der Waals surface area contributed by atoms with E-state index in [-0.39, 0.29) is 11.9 Å². The average Bonchev–Trinajstić information content (AvgIpc) is 2.42. The first kappa shape index (κ1) is 14.5. The number of rotatable bonds is 3. The van der Waals surface area contributed by atoms with Crippen molar-refractivity contribution >= 4 is 35.0 Å². The minimum Gasteiger partial charge on any atom is -0.398 e. The highest BCUT2D eigenvalue weighted by molar-refractivity contribution is 7.99. The molecule has 2 atom stereocenters. The minimum absolute atomic E-state index is 0.0601. The molecule has 5 heteroatoms. The molecule has 0 aromatic heterocycles. The summed E-state index contributed by atoms with van der Waals surface area (Å²) >= 11 is 7.74. The number of halogens is 1. The highest BCUT2D eigenvalue weighted by atomic mass is 35.5. The molecule has 0 heterocycles. The third kappa shape index (κ3) is 3.80. The van der Waals surface area contributed by atoms with Crippen molar-refractivity contribution in [2.75, 3.05) is 12.0 Å². The maximum Gasteiger partial charge on any atom is 0.251 e. The first-order valence-corrected chi connectivity index (χ1v) is 8.15. The summed E-state index contributed by atoms with van der Waals surface area (Å²) in [5.41, 5.74) is 6.74. The van der Waals surface area contributed by atoms with Gasteiger partial charge in [0.05, 0.1) is 10.7 Å². The summed E-state index contributed by atoms with van der Waals surface area (Å²) in [6.45, 7) is 0. The van der Waals surface area contributed by atoms with Gasteiger partial charge in [-0.15, -0.1) is 0 Å². The summed E-state index contributed by atoms with van der Waals surface area (Å²) in [4.78, 5) is 12.2. The molecule has 0 aliphatic heterocycles. The van der Waals surface area contributed by atoms with E-state index < -0.39 is 0 Å². The molecule has 2 rings (SSSR count). The fourth-order valence-electron chi connectivity index (χ4n) is 2.44. The molecule has 1 amide bonds. The van der Waals surface area contributed by atoms with Crippen molar-refractivity contribution in [2.24, 2.45) is 0 Å². The van der Waals surface area contributed by atoms with Gasteiger partial charge in [0, 0.05) is 16.9 Å². The summed E-state index contributed by atoms with van der Waals surface area (Å²) in [7, 11) is 0. The van der Waals surface area contributed by atoms with Gasteiger partial charge in [-0.2, -0.15) is 11.8 Å². The molecule has 0 spiro atoms. The molecule has 3 N–H and O–H groups in total. The molecule has 0 saturated heterocycles. The first-order valence-electron chi connectivity index (χ1n) is 6.49. The van der Waals surface area contributed by atoms with Crippen molar-refractivity contribution in [1.82, 2.24) is 5.32 Å². The second-order valence-corrected chi connectivity index (χ2v) is 6.48. The van der Waals surface area contributed by atoms with E-state index in [0.29, 0.717) is 21.5 Å². The van der Waals surface area contributed by atoms with Gasteiger partial charge >= 0.3 is 0 Å². The lowest BCUT2D eigenvalue weighted by Gasteiger charge is -2.28. The molecule has 1 aromatic rings. The Kier molecular flexibility index (Phi) is 4.99. The summed E-state index contributed by atoms with van der Waals surface area (Å²) in [5.74, 6) is -0.0601. The number of thioether (sulfide) groups is 1. The third-order valence-corrected chi connectivity index (χ3v) is 4.99. The van der Waals surface area contributed by atoms with Crippen LogP contribution in [-0.2, 0) is 0 Å². The van der Waals surface area contributed by atoms with Crippen LogP contribution in [0.15, 0.2) is 18.2 Å². The topological polar surface area (TPSA) is 55.1 Å². The van der Waals surface area contributed by atoms with Crippen LogP contribution in [0.2, 0.25) is 5.02 Å². The normalized spacial score (nSPS) is 23.1. The lowest BCUT2D eigenvalue weighted by molar-refractivity contribution is 0.0928. The Labute approximate surface area is 123 Å².